The first-order valence-electron chi connectivity index (χ1n) is 8.79. The van der Waals surface area contributed by atoms with Crippen LogP contribution >= 0.6 is 0 Å². The fraction of sp³-hybridized carbons (Fsp3) is 0.882. The lowest BCUT2D eigenvalue weighted by Crippen LogP contribution is -2.43. The highest BCUT2D eigenvalue weighted by Crippen LogP contribution is 2.23. The van der Waals surface area contributed by atoms with E-state index in [4.69, 9.17) is 16.2 Å². The molecular formula is C17H34N4O2. The van der Waals surface area contributed by atoms with Crippen molar-refractivity contribution < 1.29 is 9.53 Å². The standard InChI is InChI=1S/C17H34N4O2/c1-17(2,3)23-15(22)14(10-7-11-20-16(18)19)21-12-13-8-5-4-6-9-13/h13-14,21H,4-12H2,1-3H3,(H4,18,19,20)/t14-/m0/s1. The Kier molecular flexibility index (Phi) is 8.37. The lowest BCUT2D eigenvalue weighted by atomic mass is 9.89. The van der Waals surface area contributed by atoms with Gasteiger partial charge in [0, 0.05) is 6.54 Å². The van der Waals surface area contributed by atoms with Crippen molar-refractivity contribution in [3.63, 3.8) is 0 Å². The summed E-state index contributed by atoms with van der Waals surface area (Å²) in [7, 11) is 0. The first kappa shape index (κ1) is 19.7. The Morgan fingerprint density at radius 1 is 1.26 bits per heavy atom. The Balaban J connectivity index is 2.48. The number of esters is 1. The van der Waals surface area contributed by atoms with Crippen LogP contribution in [0, 0.1) is 5.92 Å². The summed E-state index contributed by atoms with van der Waals surface area (Å²) in [6.45, 7) is 7.09. The van der Waals surface area contributed by atoms with Crippen LogP contribution in [0.2, 0.25) is 0 Å². The van der Waals surface area contributed by atoms with Gasteiger partial charge < -0.3 is 21.5 Å². The molecule has 23 heavy (non-hydrogen) atoms. The van der Waals surface area contributed by atoms with E-state index < -0.39 is 5.60 Å². The van der Waals surface area contributed by atoms with Gasteiger partial charge in [0.05, 0.1) is 0 Å². The Hall–Kier alpha value is -1.30. The van der Waals surface area contributed by atoms with Gasteiger partial charge in [-0.3, -0.25) is 9.79 Å². The number of nitrogens with two attached hydrogens (primary N) is 2. The van der Waals surface area contributed by atoms with Crippen LogP contribution in [0.25, 0.3) is 0 Å². The molecule has 0 heterocycles. The largest absolute Gasteiger partial charge is 0.459 e. The molecule has 1 aliphatic carbocycles. The molecule has 0 unspecified atom stereocenters. The Labute approximate surface area is 140 Å². The third kappa shape index (κ3) is 9.43. The number of carbonyl (C=O) groups is 1. The van der Waals surface area contributed by atoms with Gasteiger partial charge in [-0.1, -0.05) is 19.3 Å². The molecule has 0 aliphatic heterocycles. The summed E-state index contributed by atoms with van der Waals surface area (Å²) in [5.74, 6) is 0.582. The number of rotatable bonds is 8. The van der Waals surface area contributed by atoms with Gasteiger partial charge in [-0.15, -0.1) is 0 Å². The molecule has 0 aromatic rings. The summed E-state index contributed by atoms with van der Waals surface area (Å²) in [4.78, 5) is 16.4. The SMILES string of the molecule is CC(C)(C)OC(=O)[C@H](CCCN=C(N)N)NCC1CCCCC1. The summed E-state index contributed by atoms with van der Waals surface area (Å²) < 4.78 is 5.53. The summed E-state index contributed by atoms with van der Waals surface area (Å²) in [6, 6.07) is -0.287. The molecule has 1 aliphatic rings. The van der Waals surface area contributed by atoms with E-state index >= 15 is 0 Å². The molecule has 0 aromatic carbocycles. The number of ether oxygens (including phenoxy) is 1. The zero-order valence-corrected chi connectivity index (χ0v) is 14.9. The van der Waals surface area contributed by atoms with Gasteiger partial charge in [0.25, 0.3) is 0 Å². The maximum absolute atomic E-state index is 12.4. The molecule has 6 heteroatoms. The molecule has 6 nitrogen and oxygen atoms in total. The van der Waals surface area contributed by atoms with Crippen LogP contribution in [0.15, 0.2) is 4.99 Å². The van der Waals surface area contributed by atoms with Crippen LogP contribution in [0.5, 0.6) is 0 Å². The fourth-order valence-electron chi connectivity index (χ4n) is 2.88. The predicted molar refractivity (Wildman–Crippen MR) is 94.1 cm³/mol. The van der Waals surface area contributed by atoms with Crippen LogP contribution in [-0.4, -0.2) is 36.7 Å². The third-order valence-electron chi connectivity index (χ3n) is 4.01. The highest BCUT2D eigenvalue weighted by atomic mass is 16.6. The Bertz CT molecular complexity index is 381. The van der Waals surface area contributed by atoms with Gasteiger partial charge in [0.1, 0.15) is 11.6 Å². The van der Waals surface area contributed by atoms with Crippen molar-refractivity contribution in [2.75, 3.05) is 13.1 Å². The summed E-state index contributed by atoms with van der Waals surface area (Å²) in [6.07, 6.45) is 7.87. The molecule has 0 bridgehead atoms. The van der Waals surface area contributed by atoms with Gasteiger partial charge in [0.15, 0.2) is 5.96 Å². The maximum atomic E-state index is 12.4. The second kappa shape index (κ2) is 9.75. The van der Waals surface area contributed by atoms with Crippen molar-refractivity contribution in [1.29, 1.82) is 0 Å². The van der Waals surface area contributed by atoms with E-state index in [2.05, 4.69) is 10.3 Å². The molecule has 1 atom stereocenters. The van der Waals surface area contributed by atoms with E-state index in [1.165, 1.54) is 32.1 Å². The molecule has 0 spiro atoms. The van der Waals surface area contributed by atoms with Crippen LogP contribution < -0.4 is 16.8 Å². The second-order valence-corrected chi connectivity index (χ2v) is 7.45. The van der Waals surface area contributed by atoms with E-state index in [1.807, 2.05) is 20.8 Å². The van der Waals surface area contributed by atoms with Crippen molar-refractivity contribution in [2.45, 2.75) is 77.4 Å². The number of nitrogens with zero attached hydrogens (tertiary/aromatic N) is 1. The first-order chi connectivity index (χ1) is 10.8. The summed E-state index contributed by atoms with van der Waals surface area (Å²) >= 11 is 0. The lowest BCUT2D eigenvalue weighted by molar-refractivity contribution is -0.157. The molecule has 0 aromatic heterocycles. The highest BCUT2D eigenvalue weighted by molar-refractivity contribution is 5.76. The number of guanidine groups is 1. The summed E-state index contributed by atoms with van der Waals surface area (Å²) in [5, 5.41) is 3.41. The Morgan fingerprint density at radius 3 is 2.48 bits per heavy atom. The molecule has 5 N–H and O–H groups in total. The van der Waals surface area contributed by atoms with E-state index in [0.29, 0.717) is 18.9 Å². The zero-order chi connectivity index (χ0) is 17.3. The van der Waals surface area contributed by atoms with E-state index in [-0.39, 0.29) is 18.0 Å². The predicted octanol–water partition coefficient (Wildman–Crippen LogP) is 1.92. The molecule has 0 radical (unpaired) electrons. The van der Waals surface area contributed by atoms with Gasteiger partial charge in [-0.2, -0.15) is 0 Å². The van der Waals surface area contributed by atoms with E-state index in [0.717, 1.165) is 13.0 Å². The van der Waals surface area contributed by atoms with Crippen molar-refractivity contribution >= 4 is 11.9 Å². The average molecular weight is 326 g/mol. The molecular weight excluding hydrogens is 292 g/mol. The molecule has 134 valence electrons. The number of hydrogen-bond acceptors (Lipinski definition) is 4. The monoisotopic (exact) mass is 326 g/mol. The van der Waals surface area contributed by atoms with Crippen LogP contribution in [0.3, 0.4) is 0 Å². The van der Waals surface area contributed by atoms with Crippen molar-refractivity contribution in [2.24, 2.45) is 22.4 Å². The van der Waals surface area contributed by atoms with Crippen LogP contribution in [0.4, 0.5) is 0 Å². The maximum Gasteiger partial charge on any atom is 0.323 e. The van der Waals surface area contributed by atoms with Crippen molar-refractivity contribution in [3.05, 3.63) is 0 Å². The molecule has 0 saturated heterocycles. The van der Waals surface area contributed by atoms with Crippen molar-refractivity contribution in [3.8, 4) is 0 Å². The summed E-state index contributed by atoms with van der Waals surface area (Å²) in [5.41, 5.74) is 10.2. The van der Waals surface area contributed by atoms with E-state index in [9.17, 15) is 4.79 Å². The molecule has 1 fully saturated rings. The number of aliphatic imine (C=N–C) groups is 1. The van der Waals surface area contributed by atoms with Gasteiger partial charge in [-0.05, 0) is 58.9 Å². The minimum absolute atomic E-state index is 0.0917. The minimum atomic E-state index is -0.471. The quantitative estimate of drug-likeness (QED) is 0.274. The minimum Gasteiger partial charge on any atom is -0.459 e. The average Bonchev–Trinajstić information content (AvgIpc) is 2.45. The van der Waals surface area contributed by atoms with Gasteiger partial charge in [0.2, 0.25) is 0 Å². The Morgan fingerprint density at radius 2 is 1.91 bits per heavy atom. The third-order valence-corrected chi connectivity index (χ3v) is 4.01. The molecule has 0 amide bonds. The normalized spacial score (nSPS) is 17.5. The van der Waals surface area contributed by atoms with Gasteiger partial charge >= 0.3 is 5.97 Å². The highest BCUT2D eigenvalue weighted by Gasteiger charge is 2.25. The lowest BCUT2D eigenvalue weighted by Gasteiger charge is -2.27. The first-order valence-corrected chi connectivity index (χ1v) is 8.79. The molecule has 1 saturated carbocycles. The smallest absolute Gasteiger partial charge is 0.323 e. The van der Waals surface area contributed by atoms with E-state index in [1.54, 1.807) is 0 Å². The zero-order valence-electron chi connectivity index (χ0n) is 14.9. The topological polar surface area (TPSA) is 103 Å². The number of carbonyl (C=O) groups excluding carboxylic acids is 1. The number of hydrogen-bond donors (Lipinski definition) is 3. The second-order valence-electron chi connectivity index (χ2n) is 7.45. The molecule has 1 rings (SSSR count). The van der Waals surface area contributed by atoms with Crippen LogP contribution in [0.1, 0.15) is 65.7 Å². The van der Waals surface area contributed by atoms with Crippen LogP contribution in [-0.2, 0) is 9.53 Å². The van der Waals surface area contributed by atoms with Gasteiger partial charge in [-0.25, -0.2) is 0 Å². The number of nitrogens with one attached hydrogen (secondary N) is 1. The van der Waals surface area contributed by atoms with Crippen molar-refractivity contribution in [1.82, 2.24) is 5.32 Å². The fourth-order valence-corrected chi connectivity index (χ4v) is 2.88.